The molecule has 0 fully saturated rings. The summed E-state index contributed by atoms with van der Waals surface area (Å²) in [5.74, 6) is -2.35. The molecule has 0 unspecified atom stereocenters. The lowest BCUT2D eigenvalue weighted by Gasteiger charge is -2.25. The van der Waals surface area contributed by atoms with E-state index in [0.29, 0.717) is 6.54 Å². The SMILES string of the molecule is CCN(C(=O)Nc1cc(OC(C)C)c(C(=O)Nc2c(F)cccc2Cl)cc1F)C(C)C. The Bertz CT molecular complexity index is 947. The van der Waals surface area contributed by atoms with Crippen molar-refractivity contribution in [1.82, 2.24) is 4.90 Å². The minimum absolute atomic E-state index is 0.00243. The largest absolute Gasteiger partial charge is 0.490 e. The average molecular weight is 454 g/mol. The summed E-state index contributed by atoms with van der Waals surface area (Å²) in [5.41, 5.74) is -0.530. The number of para-hydroxylation sites is 1. The van der Waals surface area contributed by atoms with Gasteiger partial charge in [-0.05, 0) is 52.8 Å². The van der Waals surface area contributed by atoms with Gasteiger partial charge in [0, 0.05) is 18.7 Å². The molecule has 2 N–H and O–H groups in total. The number of carbonyl (C=O) groups excluding carboxylic acids is 2. The number of hydrogen-bond donors (Lipinski definition) is 2. The van der Waals surface area contributed by atoms with Crippen LogP contribution in [0.4, 0.5) is 25.0 Å². The average Bonchev–Trinajstić information content (AvgIpc) is 2.66. The zero-order valence-corrected chi connectivity index (χ0v) is 18.8. The fourth-order valence-electron chi connectivity index (χ4n) is 2.91. The van der Waals surface area contributed by atoms with Crippen LogP contribution >= 0.6 is 11.6 Å². The molecule has 0 atom stereocenters. The molecule has 0 saturated heterocycles. The Hall–Kier alpha value is -2.87. The van der Waals surface area contributed by atoms with E-state index in [0.717, 1.165) is 12.1 Å². The van der Waals surface area contributed by atoms with Gasteiger partial charge in [0.05, 0.1) is 28.1 Å². The predicted octanol–water partition coefficient (Wildman–Crippen LogP) is 5.92. The topological polar surface area (TPSA) is 70.7 Å². The lowest BCUT2D eigenvalue weighted by atomic mass is 10.1. The number of nitrogens with zero attached hydrogens (tertiary/aromatic N) is 1. The van der Waals surface area contributed by atoms with Crippen LogP contribution in [0, 0.1) is 11.6 Å². The monoisotopic (exact) mass is 453 g/mol. The van der Waals surface area contributed by atoms with Crippen LogP contribution in [-0.2, 0) is 0 Å². The molecule has 0 aromatic heterocycles. The number of nitrogens with one attached hydrogen (secondary N) is 2. The number of ether oxygens (including phenoxy) is 1. The molecule has 2 aromatic rings. The molecular weight excluding hydrogens is 428 g/mol. The van der Waals surface area contributed by atoms with Gasteiger partial charge in [-0.25, -0.2) is 13.6 Å². The zero-order valence-electron chi connectivity index (χ0n) is 18.1. The molecule has 0 bridgehead atoms. The van der Waals surface area contributed by atoms with Crippen LogP contribution in [0.2, 0.25) is 5.02 Å². The Balaban J connectivity index is 2.41. The van der Waals surface area contributed by atoms with Gasteiger partial charge in [-0.15, -0.1) is 0 Å². The Kier molecular flexibility index (Phi) is 8.21. The van der Waals surface area contributed by atoms with Crippen LogP contribution in [0.5, 0.6) is 5.75 Å². The highest BCUT2D eigenvalue weighted by atomic mass is 35.5. The van der Waals surface area contributed by atoms with E-state index in [1.807, 2.05) is 20.8 Å². The minimum atomic E-state index is -0.839. The highest BCUT2D eigenvalue weighted by molar-refractivity contribution is 6.34. The number of anilines is 2. The molecule has 31 heavy (non-hydrogen) atoms. The summed E-state index contributed by atoms with van der Waals surface area (Å²) in [5, 5.41) is 4.86. The number of carbonyl (C=O) groups is 2. The third kappa shape index (κ3) is 6.07. The molecule has 0 aliphatic carbocycles. The van der Waals surface area contributed by atoms with Crippen molar-refractivity contribution in [2.45, 2.75) is 46.8 Å². The van der Waals surface area contributed by atoms with Gasteiger partial charge in [0.15, 0.2) is 0 Å². The third-order valence-corrected chi connectivity index (χ3v) is 4.66. The van der Waals surface area contributed by atoms with Crippen molar-refractivity contribution in [2.75, 3.05) is 17.2 Å². The van der Waals surface area contributed by atoms with Crippen molar-refractivity contribution in [3.63, 3.8) is 0 Å². The quantitative estimate of drug-likeness (QED) is 0.546. The molecule has 0 radical (unpaired) electrons. The van der Waals surface area contributed by atoms with Crippen molar-refractivity contribution < 1.29 is 23.1 Å². The first kappa shape index (κ1) is 24.4. The summed E-state index contributed by atoms with van der Waals surface area (Å²) in [4.78, 5) is 26.8. The van der Waals surface area contributed by atoms with Gasteiger partial charge in [0.1, 0.15) is 17.4 Å². The van der Waals surface area contributed by atoms with Crippen LogP contribution in [0.1, 0.15) is 45.0 Å². The lowest BCUT2D eigenvalue weighted by molar-refractivity contribution is 0.102. The third-order valence-electron chi connectivity index (χ3n) is 4.34. The lowest BCUT2D eigenvalue weighted by Crippen LogP contribution is -2.40. The van der Waals surface area contributed by atoms with E-state index in [1.54, 1.807) is 13.8 Å². The zero-order chi connectivity index (χ0) is 23.3. The van der Waals surface area contributed by atoms with E-state index in [2.05, 4.69) is 10.6 Å². The van der Waals surface area contributed by atoms with E-state index in [9.17, 15) is 18.4 Å². The van der Waals surface area contributed by atoms with Crippen LogP contribution in [0.15, 0.2) is 30.3 Å². The summed E-state index contributed by atoms with van der Waals surface area (Å²) in [6, 6.07) is 5.55. The number of rotatable bonds is 7. The first-order valence-corrected chi connectivity index (χ1v) is 10.3. The number of urea groups is 1. The maximum absolute atomic E-state index is 14.8. The molecule has 0 heterocycles. The molecule has 0 aliphatic heterocycles. The van der Waals surface area contributed by atoms with E-state index < -0.39 is 23.6 Å². The van der Waals surface area contributed by atoms with Gasteiger partial charge in [-0.2, -0.15) is 0 Å². The molecule has 168 valence electrons. The number of hydrogen-bond acceptors (Lipinski definition) is 3. The van der Waals surface area contributed by atoms with Gasteiger partial charge in [0.2, 0.25) is 0 Å². The van der Waals surface area contributed by atoms with Crippen molar-refractivity contribution in [1.29, 1.82) is 0 Å². The number of halogens is 3. The molecule has 0 aliphatic rings. The van der Waals surface area contributed by atoms with Crippen LogP contribution in [0.25, 0.3) is 0 Å². The second kappa shape index (κ2) is 10.4. The second-order valence-electron chi connectivity index (χ2n) is 7.36. The normalized spacial score (nSPS) is 10.9. The summed E-state index contributed by atoms with van der Waals surface area (Å²) < 4.78 is 34.5. The Morgan fingerprint density at radius 3 is 2.32 bits per heavy atom. The predicted molar refractivity (Wildman–Crippen MR) is 118 cm³/mol. The van der Waals surface area contributed by atoms with Crippen molar-refractivity contribution in [3.05, 3.63) is 52.6 Å². The van der Waals surface area contributed by atoms with Gasteiger partial charge in [0.25, 0.3) is 5.91 Å². The Morgan fingerprint density at radius 1 is 1.10 bits per heavy atom. The fourth-order valence-corrected chi connectivity index (χ4v) is 3.12. The summed E-state index contributed by atoms with van der Waals surface area (Å²) in [6.07, 6.45) is -0.347. The molecule has 9 heteroatoms. The van der Waals surface area contributed by atoms with Crippen molar-refractivity contribution in [2.24, 2.45) is 0 Å². The van der Waals surface area contributed by atoms with Crippen molar-refractivity contribution in [3.8, 4) is 5.75 Å². The molecule has 0 spiro atoms. The highest BCUT2D eigenvalue weighted by Gasteiger charge is 2.22. The molecule has 6 nitrogen and oxygen atoms in total. The molecule has 2 aromatic carbocycles. The van der Waals surface area contributed by atoms with Crippen LogP contribution < -0.4 is 15.4 Å². The summed E-state index contributed by atoms with van der Waals surface area (Å²) in [6.45, 7) is 9.39. The van der Waals surface area contributed by atoms with E-state index in [-0.39, 0.29) is 39.9 Å². The number of benzene rings is 2. The highest BCUT2D eigenvalue weighted by Crippen LogP contribution is 2.31. The summed E-state index contributed by atoms with van der Waals surface area (Å²) in [7, 11) is 0. The fraction of sp³-hybridized carbons (Fsp3) is 0.364. The maximum Gasteiger partial charge on any atom is 0.322 e. The minimum Gasteiger partial charge on any atom is -0.490 e. The Labute approximate surface area is 185 Å². The van der Waals surface area contributed by atoms with E-state index in [4.69, 9.17) is 16.3 Å². The van der Waals surface area contributed by atoms with Gasteiger partial charge < -0.3 is 20.3 Å². The van der Waals surface area contributed by atoms with Crippen molar-refractivity contribution >= 4 is 34.9 Å². The standard InChI is InChI=1S/C22H26ClF2N3O3/c1-6-28(12(2)3)22(30)26-18-11-19(31-13(4)5)14(10-17(18)25)21(29)27-20-15(23)8-7-9-16(20)24/h7-13H,6H2,1-5H3,(H,26,30)(H,27,29). The molecule has 3 amide bonds. The molecular formula is C22H26ClF2N3O3. The summed E-state index contributed by atoms with van der Waals surface area (Å²) >= 11 is 5.96. The van der Waals surface area contributed by atoms with E-state index in [1.165, 1.54) is 23.1 Å². The smallest absolute Gasteiger partial charge is 0.322 e. The maximum atomic E-state index is 14.8. The van der Waals surface area contributed by atoms with E-state index >= 15 is 0 Å². The van der Waals surface area contributed by atoms with Gasteiger partial charge in [-0.1, -0.05) is 17.7 Å². The number of amides is 3. The van der Waals surface area contributed by atoms with Gasteiger partial charge >= 0.3 is 6.03 Å². The van der Waals surface area contributed by atoms with Gasteiger partial charge in [-0.3, -0.25) is 4.79 Å². The second-order valence-corrected chi connectivity index (χ2v) is 7.76. The first-order valence-electron chi connectivity index (χ1n) is 9.88. The van der Waals surface area contributed by atoms with Crippen LogP contribution in [-0.4, -0.2) is 35.5 Å². The Morgan fingerprint density at radius 2 is 1.77 bits per heavy atom. The molecule has 2 rings (SSSR count). The first-order chi connectivity index (χ1) is 14.5. The molecule has 0 saturated carbocycles. The van der Waals surface area contributed by atoms with Crippen LogP contribution in [0.3, 0.4) is 0 Å².